The molecule has 0 radical (unpaired) electrons. The Balaban J connectivity index is 1.78. The van der Waals surface area contributed by atoms with Gasteiger partial charge in [-0.25, -0.2) is 9.29 Å². The van der Waals surface area contributed by atoms with E-state index in [0.29, 0.717) is 4.91 Å². The number of thioether (sulfide) groups is 1. The van der Waals surface area contributed by atoms with Gasteiger partial charge in [-0.15, -0.1) is 0 Å². The van der Waals surface area contributed by atoms with E-state index in [1.54, 1.807) is 12.2 Å². The fourth-order valence-corrected chi connectivity index (χ4v) is 3.39. The molecule has 0 aromatic heterocycles. The lowest BCUT2D eigenvalue weighted by atomic mass is 10.2. The van der Waals surface area contributed by atoms with Crippen LogP contribution in [0.15, 0.2) is 71.7 Å². The zero-order chi connectivity index (χ0) is 17.8. The van der Waals surface area contributed by atoms with E-state index in [-0.39, 0.29) is 9.88 Å². The lowest BCUT2D eigenvalue weighted by Gasteiger charge is -2.12. The van der Waals surface area contributed by atoms with Crippen molar-refractivity contribution in [2.75, 3.05) is 0 Å². The summed E-state index contributed by atoms with van der Waals surface area (Å²) >= 11 is 6.21. The van der Waals surface area contributed by atoms with Gasteiger partial charge >= 0.3 is 0 Å². The Morgan fingerprint density at radius 2 is 1.76 bits per heavy atom. The molecule has 0 saturated carbocycles. The number of carbonyl (C=O) groups is 2. The average molecular weight is 369 g/mol. The van der Waals surface area contributed by atoms with E-state index < -0.39 is 17.6 Å². The van der Waals surface area contributed by atoms with Gasteiger partial charge in [-0.2, -0.15) is 0 Å². The Labute approximate surface area is 153 Å². The van der Waals surface area contributed by atoms with Crippen molar-refractivity contribution in [2.24, 2.45) is 0 Å². The maximum absolute atomic E-state index is 13.0. The van der Waals surface area contributed by atoms with Crippen molar-refractivity contribution < 1.29 is 14.0 Å². The van der Waals surface area contributed by atoms with E-state index in [1.807, 2.05) is 36.4 Å². The first-order chi connectivity index (χ1) is 12.1. The molecule has 0 unspecified atom stereocenters. The number of carbonyl (C=O) groups excluding carboxylic acids is 2. The molecule has 1 heterocycles. The molecule has 25 heavy (non-hydrogen) atoms. The smallest absolute Gasteiger partial charge is 0.268 e. The molecule has 1 aliphatic heterocycles. The molecule has 2 amide bonds. The van der Waals surface area contributed by atoms with Crippen molar-refractivity contribution in [3.8, 4) is 0 Å². The van der Waals surface area contributed by atoms with Crippen LogP contribution in [0.1, 0.15) is 15.9 Å². The minimum Gasteiger partial charge on any atom is -0.268 e. The number of benzene rings is 2. The van der Waals surface area contributed by atoms with E-state index in [1.165, 1.54) is 24.3 Å². The third kappa shape index (κ3) is 3.92. The molecule has 3 nitrogen and oxygen atoms in total. The maximum Gasteiger partial charge on any atom is 0.273 e. The number of rotatable bonds is 3. The van der Waals surface area contributed by atoms with Crippen LogP contribution in [0.25, 0.3) is 6.08 Å². The molecule has 0 aliphatic carbocycles. The summed E-state index contributed by atoms with van der Waals surface area (Å²) in [7, 11) is 0. The number of amides is 2. The number of allylic oxidation sites excluding steroid dienone is 2. The van der Waals surface area contributed by atoms with Crippen LogP contribution in [0.5, 0.6) is 0 Å². The van der Waals surface area contributed by atoms with Gasteiger partial charge in [0.1, 0.15) is 5.82 Å². The van der Waals surface area contributed by atoms with Crippen LogP contribution in [-0.2, 0) is 4.79 Å². The second-order valence-corrected chi connectivity index (χ2v) is 6.80. The third-order valence-corrected chi connectivity index (χ3v) is 4.74. The molecule has 0 spiro atoms. The first kappa shape index (κ1) is 17.3. The molecular weight excluding hydrogens is 357 g/mol. The van der Waals surface area contributed by atoms with E-state index in [2.05, 4.69) is 0 Å². The van der Waals surface area contributed by atoms with Crippen molar-refractivity contribution in [1.82, 2.24) is 4.90 Å². The second-order valence-electron chi connectivity index (χ2n) is 5.12. The highest BCUT2D eigenvalue weighted by atomic mass is 32.2. The molecular formula is C19H12FNO2S2. The van der Waals surface area contributed by atoms with Gasteiger partial charge in [0.25, 0.3) is 11.8 Å². The fraction of sp³-hybridized carbons (Fsp3) is 0. The number of hydrogen-bond donors (Lipinski definition) is 0. The van der Waals surface area contributed by atoms with Gasteiger partial charge in [0.05, 0.1) is 4.91 Å². The molecule has 1 saturated heterocycles. The summed E-state index contributed by atoms with van der Waals surface area (Å²) in [6, 6.07) is 14.6. The first-order valence-electron chi connectivity index (χ1n) is 7.36. The molecule has 0 atom stereocenters. The Morgan fingerprint density at radius 1 is 1.08 bits per heavy atom. The van der Waals surface area contributed by atoms with Gasteiger partial charge < -0.3 is 0 Å². The molecule has 3 rings (SSSR count). The Morgan fingerprint density at radius 3 is 2.44 bits per heavy atom. The van der Waals surface area contributed by atoms with Gasteiger partial charge in [-0.05, 0) is 35.9 Å². The minimum absolute atomic E-state index is 0.165. The summed E-state index contributed by atoms with van der Waals surface area (Å²) in [5, 5.41) is 0. The minimum atomic E-state index is -0.557. The van der Waals surface area contributed by atoms with Gasteiger partial charge in [0, 0.05) is 5.56 Å². The van der Waals surface area contributed by atoms with Crippen LogP contribution in [0.2, 0.25) is 0 Å². The van der Waals surface area contributed by atoms with Crippen molar-refractivity contribution >= 4 is 46.2 Å². The average Bonchev–Trinajstić information content (AvgIpc) is 2.90. The van der Waals surface area contributed by atoms with Crippen LogP contribution in [0, 0.1) is 5.82 Å². The largest absolute Gasteiger partial charge is 0.273 e. The van der Waals surface area contributed by atoms with Crippen LogP contribution >= 0.6 is 24.0 Å². The summed E-state index contributed by atoms with van der Waals surface area (Å²) in [5.41, 5.74) is 1.20. The zero-order valence-corrected chi connectivity index (χ0v) is 14.5. The van der Waals surface area contributed by atoms with Gasteiger partial charge in [0.2, 0.25) is 0 Å². The Bertz CT molecular complexity index is 889. The molecule has 2 aromatic carbocycles. The number of nitrogens with zero attached hydrogens (tertiary/aromatic N) is 1. The zero-order valence-electron chi connectivity index (χ0n) is 12.9. The highest BCUT2D eigenvalue weighted by molar-refractivity contribution is 8.26. The van der Waals surface area contributed by atoms with E-state index in [9.17, 15) is 14.0 Å². The molecule has 0 N–H and O–H groups in total. The maximum atomic E-state index is 13.0. The number of imide groups is 1. The molecule has 1 aliphatic rings. The van der Waals surface area contributed by atoms with Gasteiger partial charge in [-0.1, -0.05) is 66.5 Å². The van der Waals surface area contributed by atoms with E-state index in [0.717, 1.165) is 22.2 Å². The summed E-state index contributed by atoms with van der Waals surface area (Å²) in [6.45, 7) is 0. The number of thiocarbonyl (C=S) groups is 1. The standard InChI is InChI=1S/C19H12FNO2S2/c20-15-11-9-14(10-12-15)17(22)21-18(23)16(25-19(21)24)8-4-7-13-5-2-1-3-6-13/h1-12H/b7-4+,16-8+. The quantitative estimate of drug-likeness (QED) is 0.456. The molecule has 2 aromatic rings. The monoisotopic (exact) mass is 369 g/mol. The normalized spacial score (nSPS) is 16.2. The molecule has 1 fully saturated rings. The Kier molecular flexibility index (Phi) is 5.21. The highest BCUT2D eigenvalue weighted by Crippen LogP contribution is 2.32. The van der Waals surface area contributed by atoms with Crippen LogP contribution in [-0.4, -0.2) is 21.0 Å². The third-order valence-electron chi connectivity index (χ3n) is 3.42. The summed E-state index contributed by atoms with van der Waals surface area (Å²) in [4.78, 5) is 26.2. The van der Waals surface area contributed by atoms with Crippen molar-refractivity contribution in [3.63, 3.8) is 0 Å². The van der Waals surface area contributed by atoms with Gasteiger partial charge in [-0.3, -0.25) is 9.59 Å². The van der Waals surface area contributed by atoms with Crippen LogP contribution < -0.4 is 0 Å². The lowest BCUT2D eigenvalue weighted by molar-refractivity contribution is -0.120. The van der Waals surface area contributed by atoms with Gasteiger partial charge in [0.15, 0.2) is 4.32 Å². The fourth-order valence-electron chi connectivity index (χ4n) is 2.19. The predicted molar refractivity (Wildman–Crippen MR) is 101 cm³/mol. The SMILES string of the molecule is O=C1/C(=C\C=C\c2ccccc2)SC(=S)N1C(=O)c1ccc(F)cc1. The first-order valence-corrected chi connectivity index (χ1v) is 8.58. The number of halogens is 1. The summed E-state index contributed by atoms with van der Waals surface area (Å²) in [5.74, 6) is -1.48. The molecule has 124 valence electrons. The van der Waals surface area contributed by atoms with Crippen molar-refractivity contribution in [3.05, 3.63) is 88.6 Å². The van der Waals surface area contributed by atoms with E-state index in [4.69, 9.17) is 12.2 Å². The topological polar surface area (TPSA) is 37.4 Å². The van der Waals surface area contributed by atoms with Crippen LogP contribution in [0.3, 0.4) is 0 Å². The summed E-state index contributed by atoms with van der Waals surface area (Å²) in [6.07, 6.45) is 5.22. The predicted octanol–water partition coefficient (Wildman–Crippen LogP) is 4.42. The van der Waals surface area contributed by atoms with Crippen molar-refractivity contribution in [1.29, 1.82) is 0 Å². The summed E-state index contributed by atoms with van der Waals surface area (Å²) < 4.78 is 13.1. The highest BCUT2D eigenvalue weighted by Gasteiger charge is 2.36. The molecule has 6 heteroatoms. The molecule has 0 bridgehead atoms. The Hall–Kier alpha value is -2.57. The van der Waals surface area contributed by atoms with Crippen molar-refractivity contribution in [2.45, 2.75) is 0 Å². The lowest BCUT2D eigenvalue weighted by Crippen LogP contribution is -2.34. The second kappa shape index (κ2) is 7.55. The van der Waals surface area contributed by atoms with E-state index >= 15 is 0 Å². The number of hydrogen-bond acceptors (Lipinski definition) is 4. The van der Waals surface area contributed by atoms with Crippen LogP contribution in [0.4, 0.5) is 4.39 Å².